The molecule has 2 rings (SSSR count). The summed E-state index contributed by atoms with van der Waals surface area (Å²) in [6.07, 6.45) is 0. The van der Waals surface area contributed by atoms with Crippen molar-refractivity contribution in [2.45, 2.75) is 32.9 Å². The van der Waals surface area contributed by atoms with E-state index in [4.69, 9.17) is 13.0 Å². The quantitative estimate of drug-likeness (QED) is 0.851. The summed E-state index contributed by atoms with van der Waals surface area (Å²) in [6.45, 7) is -4.10. The molecule has 0 spiro atoms. The summed E-state index contributed by atoms with van der Waals surface area (Å²) in [5, 5.41) is 2.45. The zero-order chi connectivity index (χ0) is 21.2. The van der Waals surface area contributed by atoms with E-state index in [0.29, 0.717) is 5.56 Å². The van der Waals surface area contributed by atoms with Gasteiger partial charge < -0.3 is 10.1 Å². The van der Waals surface area contributed by atoms with E-state index in [2.05, 4.69) is 5.32 Å². The third-order valence-corrected chi connectivity index (χ3v) is 2.86. The SMILES string of the molecule is [2H]C([2H])(Oc1ccc(CN[C@]([2H])(C(C)=O)C([2H])([2H])[2H])cc1)c1cccc(F)c1. The molecule has 0 unspecified atom stereocenters. The lowest BCUT2D eigenvalue weighted by atomic mass is 10.2. The number of benzene rings is 2. The molecule has 0 fully saturated rings. The van der Waals surface area contributed by atoms with Gasteiger partial charge in [-0.05, 0) is 49.2 Å². The Balaban J connectivity index is 2.08. The van der Waals surface area contributed by atoms with Gasteiger partial charge in [0, 0.05) is 10.7 Å². The zero-order valence-corrected chi connectivity index (χ0v) is 12.0. The van der Waals surface area contributed by atoms with Crippen LogP contribution in [0.25, 0.3) is 0 Å². The van der Waals surface area contributed by atoms with Crippen molar-refractivity contribution in [1.82, 2.24) is 5.32 Å². The van der Waals surface area contributed by atoms with Gasteiger partial charge in [0.25, 0.3) is 0 Å². The van der Waals surface area contributed by atoms with Crippen molar-refractivity contribution in [3.05, 3.63) is 65.5 Å². The summed E-state index contributed by atoms with van der Waals surface area (Å²) in [5.74, 6) is -1.22. The van der Waals surface area contributed by atoms with Crippen LogP contribution in [0.3, 0.4) is 0 Å². The maximum atomic E-state index is 13.3. The van der Waals surface area contributed by atoms with Crippen LogP contribution in [0.4, 0.5) is 4.39 Å². The van der Waals surface area contributed by atoms with Crippen LogP contribution >= 0.6 is 0 Å². The molecule has 2 aromatic rings. The molecule has 3 nitrogen and oxygen atoms in total. The molecule has 0 radical (unpaired) electrons. The number of carbonyl (C=O) groups is 1. The fourth-order valence-corrected chi connectivity index (χ4v) is 1.66. The van der Waals surface area contributed by atoms with Crippen LogP contribution in [0.15, 0.2) is 48.5 Å². The first-order valence-electron chi connectivity index (χ1n) is 9.65. The average molecular weight is 307 g/mol. The van der Waals surface area contributed by atoms with E-state index in [9.17, 15) is 9.18 Å². The Morgan fingerprint density at radius 1 is 1.36 bits per heavy atom. The Morgan fingerprint density at radius 3 is 2.77 bits per heavy atom. The highest BCUT2D eigenvalue weighted by atomic mass is 19.1. The number of Topliss-reactive ketones (excluding diaryl/α,β-unsaturated/α-hetero) is 1. The van der Waals surface area contributed by atoms with Gasteiger partial charge >= 0.3 is 0 Å². The molecule has 116 valence electrons. The van der Waals surface area contributed by atoms with E-state index in [1.54, 1.807) is 12.1 Å². The van der Waals surface area contributed by atoms with Crippen LogP contribution in [0, 0.1) is 5.82 Å². The summed E-state index contributed by atoms with van der Waals surface area (Å²) in [5.41, 5.74) is 0.595. The fraction of sp³-hybridized carbons (Fsp3) is 0.278. The smallest absolute Gasteiger partial charge is 0.146 e. The van der Waals surface area contributed by atoms with Crippen molar-refractivity contribution in [2.75, 3.05) is 0 Å². The van der Waals surface area contributed by atoms with E-state index in [0.717, 1.165) is 13.0 Å². The third-order valence-electron chi connectivity index (χ3n) is 2.86. The number of ether oxygens (including phenoxy) is 1. The second kappa shape index (κ2) is 7.71. The number of hydrogen-bond acceptors (Lipinski definition) is 3. The van der Waals surface area contributed by atoms with Crippen LogP contribution in [-0.2, 0) is 17.9 Å². The van der Waals surface area contributed by atoms with E-state index in [-0.39, 0.29) is 17.9 Å². The Labute approximate surface area is 138 Å². The zero-order valence-electron chi connectivity index (χ0n) is 18.0. The van der Waals surface area contributed by atoms with Gasteiger partial charge in [0.15, 0.2) is 0 Å². The standard InChI is InChI=1S/C18H20FNO2/c1-13(14(2)21)20-11-15-6-8-18(9-7-15)22-12-16-4-3-5-17(19)10-16/h3-10,13,20H,11-12H2,1-2H3/t13-/m0/s1/i1D3,12D2,13D. The summed E-state index contributed by atoms with van der Waals surface area (Å²) in [6, 6.07) is 8.63. The first kappa shape index (κ1) is 9.74. The van der Waals surface area contributed by atoms with Crippen molar-refractivity contribution >= 4 is 5.78 Å². The van der Waals surface area contributed by atoms with Crippen LogP contribution in [0.2, 0.25) is 0 Å². The van der Waals surface area contributed by atoms with Gasteiger partial charge in [-0.15, -0.1) is 0 Å². The number of hydrogen-bond donors (Lipinski definition) is 1. The Bertz CT molecular complexity index is 841. The van der Waals surface area contributed by atoms with Crippen molar-refractivity contribution in [1.29, 1.82) is 0 Å². The summed E-state index contributed by atoms with van der Waals surface area (Å²) in [4.78, 5) is 11.6. The first-order valence-corrected chi connectivity index (χ1v) is 6.65. The normalized spacial score (nSPS) is 18.6. The van der Waals surface area contributed by atoms with E-state index < -0.39 is 31.0 Å². The van der Waals surface area contributed by atoms with Gasteiger partial charge in [-0.1, -0.05) is 24.3 Å². The average Bonchev–Trinajstić information content (AvgIpc) is 2.59. The third kappa shape index (κ3) is 4.97. The predicted molar refractivity (Wildman–Crippen MR) is 84.2 cm³/mol. The number of nitrogens with one attached hydrogen (secondary N) is 1. The molecule has 4 heteroatoms. The molecule has 1 N–H and O–H groups in total. The molecular formula is C18H20FNO2. The number of halogens is 1. The molecule has 22 heavy (non-hydrogen) atoms. The van der Waals surface area contributed by atoms with Crippen LogP contribution < -0.4 is 10.1 Å². The summed E-state index contributed by atoms with van der Waals surface area (Å²) < 4.78 is 64.6. The van der Waals surface area contributed by atoms with E-state index in [1.165, 1.54) is 30.3 Å². The topological polar surface area (TPSA) is 38.3 Å². The Hall–Kier alpha value is -2.20. The highest BCUT2D eigenvalue weighted by Crippen LogP contribution is 2.15. The van der Waals surface area contributed by atoms with E-state index >= 15 is 0 Å². The second-order valence-corrected chi connectivity index (χ2v) is 4.64. The molecular weight excluding hydrogens is 281 g/mol. The molecule has 2 aromatic carbocycles. The maximum absolute atomic E-state index is 13.3. The highest BCUT2D eigenvalue weighted by Gasteiger charge is 2.06. The molecule has 0 saturated heterocycles. The van der Waals surface area contributed by atoms with Gasteiger partial charge in [0.05, 0.1) is 10.1 Å². The minimum absolute atomic E-state index is 0.0244. The molecule has 0 aliphatic heterocycles. The minimum Gasteiger partial charge on any atom is -0.489 e. The van der Waals surface area contributed by atoms with Crippen LogP contribution in [0.5, 0.6) is 5.75 Å². The van der Waals surface area contributed by atoms with Gasteiger partial charge in [-0.3, -0.25) is 4.79 Å². The summed E-state index contributed by atoms with van der Waals surface area (Å²) >= 11 is 0. The van der Waals surface area contributed by atoms with Crippen LogP contribution in [0.1, 0.15) is 33.1 Å². The van der Waals surface area contributed by atoms with Gasteiger partial charge in [0.2, 0.25) is 0 Å². The molecule has 0 saturated carbocycles. The minimum atomic E-state index is -2.83. The van der Waals surface area contributed by atoms with Gasteiger partial charge in [0.1, 0.15) is 23.9 Å². The molecule has 0 aliphatic rings. The van der Waals surface area contributed by atoms with Crippen LogP contribution in [-0.4, -0.2) is 11.8 Å². The maximum Gasteiger partial charge on any atom is 0.146 e. The molecule has 0 heterocycles. The second-order valence-electron chi connectivity index (χ2n) is 4.64. The van der Waals surface area contributed by atoms with Crippen molar-refractivity contribution in [3.8, 4) is 5.75 Å². The lowest BCUT2D eigenvalue weighted by molar-refractivity contribution is -0.118. The molecule has 0 aliphatic carbocycles. The number of ketones is 1. The predicted octanol–water partition coefficient (Wildman–Crippen LogP) is 3.47. The largest absolute Gasteiger partial charge is 0.489 e. The van der Waals surface area contributed by atoms with Crippen molar-refractivity contribution < 1.29 is 22.1 Å². The molecule has 0 aromatic heterocycles. The van der Waals surface area contributed by atoms with Gasteiger partial charge in [-0.25, -0.2) is 4.39 Å². The van der Waals surface area contributed by atoms with E-state index in [1.807, 2.05) is 0 Å². The lowest BCUT2D eigenvalue weighted by Crippen LogP contribution is -2.31. The Morgan fingerprint density at radius 2 is 2.14 bits per heavy atom. The fourth-order valence-electron chi connectivity index (χ4n) is 1.66. The van der Waals surface area contributed by atoms with Crippen molar-refractivity contribution in [2.24, 2.45) is 0 Å². The number of rotatable bonds is 7. The summed E-state index contributed by atoms with van der Waals surface area (Å²) in [7, 11) is 0. The molecule has 0 amide bonds. The first-order chi connectivity index (χ1) is 12.8. The highest BCUT2D eigenvalue weighted by molar-refractivity contribution is 5.80. The van der Waals surface area contributed by atoms with Crippen molar-refractivity contribution in [3.63, 3.8) is 0 Å². The monoisotopic (exact) mass is 307 g/mol. The number of carbonyl (C=O) groups excluding carboxylic acids is 1. The lowest BCUT2D eigenvalue weighted by Gasteiger charge is -2.11. The molecule has 0 bridgehead atoms. The molecule has 1 atom stereocenters. The Kier molecular flexibility index (Phi) is 3.41. The van der Waals surface area contributed by atoms with Gasteiger partial charge in [-0.2, -0.15) is 0 Å².